The number of hydrogen-bond donors (Lipinski definition) is 2. The van der Waals surface area contributed by atoms with Crippen molar-refractivity contribution in [1.29, 1.82) is 0 Å². The summed E-state index contributed by atoms with van der Waals surface area (Å²) in [5.74, 6) is 1.03. The average molecular weight is 263 g/mol. The molecule has 0 spiro atoms. The molecule has 0 aliphatic carbocycles. The Balaban J connectivity index is 2.09. The average Bonchev–Trinajstić information content (AvgIpc) is 2.98. The van der Waals surface area contributed by atoms with Crippen LogP contribution in [0, 0.1) is 0 Å². The van der Waals surface area contributed by atoms with Crippen LogP contribution in [0.25, 0.3) is 0 Å². The minimum atomic E-state index is 0.173. The fraction of sp³-hybridized carbons (Fsp3) is 0.118. The fourth-order valence-corrected chi connectivity index (χ4v) is 2.46. The molecule has 0 radical (unpaired) electrons. The molecule has 2 N–H and O–H groups in total. The number of H-pyrrole nitrogens is 1. The number of aromatic amines is 1. The van der Waals surface area contributed by atoms with Crippen LogP contribution in [0.5, 0.6) is 0 Å². The minimum absolute atomic E-state index is 0.173. The van der Waals surface area contributed by atoms with Crippen LogP contribution in [0.4, 0.5) is 5.82 Å². The van der Waals surface area contributed by atoms with Crippen molar-refractivity contribution in [3.63, 3.8) is 0 Å². The van der Waals surface area contributed by atoms with E-state index >= 15 is 0 Å². The van der Waals surface area contributed by atoms with Crippen LogP contribution in [0.2, 0.25) is 0 Å². The van der Waals surface area contributed by atoms with E-state index in [1.807, 2.05) is 19.2 Å². The van der Waals surface area contributed by atoms with Crippen molar-refractivity contribution in [3.8, 4) is 0 Å². The first-order valence-electron chi connectivity index (χ1n) is 6.71. The van der Waals surface area contributed by atoms with Gasteiger partial charge in [0, 0.05) is 18.8 Å². The lowest BCUT2D eigenvalue weighted by Crippen LogP contribution is -2.03. The summed E-state index contributed by atoms with van der Waals surface area (Å²) >= 11 is 0. The van der Waals surface area contributed by atoms with Crippen LogP contribution in [-0.2, 0) is 0 Å². The Morgan fingerprint density at radius 3 is 1.90 bits per heavy atom. The Kier molecular flexibility index (Phi) is 3.50. The molecule has 3 aromatic rings. The van der Waals surface area contributed by atoms with Gasteiger partial charge in [0.25, 0.3) is 0 Å². The number of aromatic nitrogens is 2. The monoisotopic (exact) mass is 263 g/mol. The molecule has 0 unspecified atom stereocenters. The van der Waals surface area contributed by atoms with Gasteiger partial charge < -0.3 is 5.32 Å². The largest absolute Gasteiger partial charge is 0.372 e. The van der Waals surface area contributed by atoms with Gasteiger partial charge in [-0.25, -0.2) is 0 Å². The van der Waals surface area contributed by atoms with E-state index in [1.165, 1.54) is 11.1 Å². The Bertz CT molecular complexity index is 619. The first kappa shape index (κ1) is 12.5. The number of benzene rings is 2. The molecule has 0 aliphatic rings. The van der Waals surface area contributed by atoms with Crippen molar-refractivity contribution in [2.75, 3.05) is 12.4 Å². The normalized spacial score (nSPS) is 10.7. The van der Waals surface area contributed by atoms with Gasteiger partial charge in [-0.05, 0) is 11.1 Å². The summed E-state index contributed by atoms with van der Waals surface area (Å²) in [5.41, 5.74) is 3.60. The maximum atomic E-state index is 4.27. The molecule has 0 atom stereocenters. The lowest BCUT2D eigenvalue weighted by molar-refractivity contribution is 0.894. The molecule has 3 nitrogen and oxygen atoms in total. The Morgan fingerprint density at radius 1 is 0.900 bits per heavy atom. The summed E-state index contributed by atoms with van der Waals surface area (Å²) in [6.07, 6.45) is 0. The molecular formula is C17H17N3. The van der Waals surface area contributed by atoms with Gasteiger partial charge in [0.15, 0.2) is 0 Å². The highest BCUT2D eigenvalue weighted by Crippen LogP contribution is 2.31. The zero-order valence-corrected chi connectivity index (χ0v) is 11.4. The highest BCUT2D eigenvalue weighted by molar-refractivity contribution is 5.44. The Labute approximate surface area is 118 Å². The summed E-state index contributed by atoms with van der Waals surface area (Å²) in [7, 11) is 1.87. The number of nitrogens with one attached hydrogen (secondary N) is 2. The van der Waals surface area contributed by atoms with Crippen LogP contribution < -0.4 is 5.32 Å². The van der Waals surface area contributed by atoms with Gasteiger partial charge in [0.1, 0.15) is 5.82 Å². The van der Waals surface area contributed by atoms with E-state index in [0.29, 0.717) is 0 Å². The Morgan fingerprint density at radius 2 is 1.45 bits per heavy atom. The van der Waals surface area contributed by atoms with Crippen molar-refractivity contribution in [3.05, 3.63) is 83.6 Å². The zero-order chi connectivity index (χ0) is 13.8. The lowest BCUT2D eigenvalue weighted by Gasteiger charge is -2.16. The van der Waals surface area contributed by atoms with E-state index in [1.54, 1.807) is 0 Å². The summed E-state index contributed by atoms with van der Waals surface area (Å²) < 4.78 is 0. The third kappa shape index (κ3) is 2.43. The molecule has 1 heterocycles. The Hall–Kier alpha value is -2.55. The topological polar surface area (TPSA) is 40.7 Å². The van der Waals surface area contributed by atoms with Gasteiger partial charge in [0.2, 0.25) is 0 Å². The standard InChI is InChI=1S/C17H17N3/c1-18-16-12-15(19-20-16)17(13-8-4-2-5-9-13)14-10-6-3-7-11-14/h2-12,17H,1H3,(H2,18,19,20). The molecule has 0 saturated carbocycles. The molecule has 0 fully saturated rings. The number of anilines is 1. The van der Waals surface area contributed by atoms with Crippen molar-refractivity contribution >= 4 is 5.82 Å². The molecule has 2 aromatic carbocycles. The second-order valence-electron chi connectivity index (χ2n) is 4.71. The lowest BCUT2D eigenvalue weighted by atomic mass is 9.88. The van der Waals surface area contributed by atoms with Gasteiger partial charge in [-0.1, -0.05) is 60.7 Å². The van der Waals surface area contributed by atoms with Crippen LogP contribution in [-0.4, -0.2) is 17.2 Å². The summed E-state index contributed by atoms with van der Waals surface area (Å²) in [6, 6.07) is 23.0. The SMILES string of the molecule is CNc1cc(C(c2ccccc2)c2ccccc2)[nH]n1. The van der Waals surface area contributed by atoms with E-state index in [4.69, 9.17) is 0 Å². The van der Waals surface area contributed by atoms with Gasteiger partial charge in [-0.3, -0.25) is 5.10 Å². The first-order valence-corrected chi connectivity index (χ1v) is 6.71. The molecule has 1 aromatic heterocycles. The molecule has 3 heteroatoms. The van der Waals surface area contributed by atoms with E-state index in [9.17, 15) is 0 Å². The quantitative estimate of drug-likeness (QED) is 0.754. The second kappa shape index (κ2) is 5.61. The number of hydrogen-bond acceptors (Lipinski definition) is 2. The molecule has 0 saturated heterocycles. The first-order chi connectivity index (χ1) is 9.88. The van der Waals surface area contributed by atoms with Gasteiger partial charge in [-0.2, -0.15) is 5.10 Å². The van der Waals surface area contributed by atoms with Crippen LogP contribution in [0.1, 0.15) is 22.7 Å². The molecule has 20 heavy (non-hydrogen) atoms. The van der Waals surface area contributed by atoms with E-state index in [0.717, 1.165) is 11.5 Å². The van der Waals surface area contributed by atoms with Gasteiger partial charge in [0.05, 0.1) is 5.92 Å². The zero-order valence-electron chi connectivity index (χ0n) is 11.4. The van der Waals surface area contributed by atoms with Crippen molar-refractivity contribution in [1.82, 2.24) is 10.2 Å². The molecular weight excluding hydrogens is 246 g/mol. The predicted octanol–water partition coefficient (Wildman–Crippen LogP) is 3.63. The van der Waals surface area contributed by atoms with E-state index < -0.39 is 0 Å². The van der Waals surface area contributed by atoms with Crippen molar-refractivity contribution < 1.29 is 0 Å². The smallest absolute Gasteiger partial charge is 0.147 e. The van der Waals surface area contributed by atoms with Gasteiger partial charge in [-0.15, -0.1) is 0 Å². The summed E-state index contributed by atoms with van der Waals surface area (Å²) in [6.45, 7) is 0. The van der Waals surface area contributed by atoms with Crippen LogP contribution >= 0.6 is 0 Å². The fourth-order valence-electron chi connectivity index (χ4n) is 2.46. The van der Waals surface area contributed by atoms with Crippen molar-refractivity contribution in [2.45, 2.75) is 5.92 Å². The molecule has 0 bridgehead atoms. The molecule has 100 valence electrons. The van der Waals surface area contributed by atoms with Crippen LogP contribution in [0.3, 0.4) is 0 Å². The maximum absolute atomic E-state index is 4.27. The minimum Gasteiger partial charge on any atom is -0.372 e. The highest BCUT2D eigenvalue weighted by atomic mass is 15.2. The molecule has 3 rings (SSSR count). The third-order valence-electron chi connectivity index (χ3n) is 3.43. The molecule has 0 aliphatic heterocycles. The van der Waals surface area contributed by atoms with E-state index in [-0.39, 0.29) is 5.92 Å². The van der Waals surface area contributed by atoms with Crippen LogP contribution in [0.15, 0.2) is 66.7 Å². The third-order valence-corrected chi connectivity index (χ3v) is 3.43. The summed E-state index contributed by atoms with van der Waals surface area (Å²) in [5, 5.41) is 10.5. The maximum Gasteiger partial charge on any atom is 0.147 e. The van der Waals surface area contributed by atoms with Crippen molar-refractivity contribution in [2.24, 2.45) is 0 Å². The molecule has 0 amide bonds. The number of nitrogens with zero attached hydrogens (tertiary/aromatic N) is 1. The number of rotatable bonds is 4. The second-order valence-corrected chi connectivity index (χ2v) is 4.71. The summed E-state index contributed by atoms with van der Waals surface area (Å²) in [4.78, 5) is 0. The van der Waals surface area contributed by atoms with E-state index in [2.05, 4.69) is 70.1 Å². The van der Waals surface area contributed by atoms with Gasteiger partial charge >= 0.3 is 0 Å². The predicted molar refractivity (Wildman–Crippen MR) is 82.0 cm³/mol. The highest BCUT2D eigenvalue weighted by Gasteiger charge is 2.18.